The van der Waals surface area contributed by atoms with Gasteiger partial charge in [-0.05, 0) is 55.8 Å². The van der Waals surface area contributed by atoms with Gasteiger partial charge in [-0.15, -0.1) is 0 Å². The summed E-state index contributed by atoms with van der Waals surface area (Å²) in [6, 6.07) is 11.6. The molecule has 5 nitrogen and oxygen atoms in total. The first-order valence-electron chi connectivity index (χ1n) is 9.32. The van der Waals surface area contributed by atoms with Crippen LogP contribution in [0.5, 0.6) is 5.75 Å². The third-order valence-electron chi connectivity index (χ3n) is 5.06. The van der Waals surface area contributed by atoms with Gasteiger partial charge >= 0.3 is 0 Å². The number of nitrogens with two attached hydrogens (primary N) is 1. The van der Waals surface area contributed by atoms with Crippen LogP contribution in [0.25, 0.3) is 11.1 Å². The molecule has 2 aromatic carbocycles. The van der Waals surface area contributed by atoms with Crippen molar-refractivity contribution in [3.8, 4) is 16.9 Å². The molecule has 0 unspecified atom stereocenters. The molecule has 0 atom stereocenters. The van der Waals surface area contributed by atoms with E-state index in [1.54, 1.807) is 12.1 Å². The van der Waals surface area contributed by atoms with Gasteiger partial charge in [-0.1, -0.05) is 35.3 Å². The lowest BCUT2D eigenvalue weighted by Gasteiger charge is -2.22. The molecule has 0 bridgehead atoms. The molecule has 146 valence electrons. The summed E-state index contributed by atoms with van der Waals surface area (Å²) >= 11 is 12.5. The van der Waals surface area contributed by atoms with Gasteiger partial charge in [0.1, 0.15) is 12.4 Å². The Labute approximate surface area is 174 Å². The van der Waals surface area contributed by atoms with Gasteiger partial charge < -0.3 is 15.8 Å². The lowest BCUT2D eigenvalue weighted by atomic mass is 10.1. The van der Waals surface area contributed by atoms with Gasteiger partial charge in [0.2, 0.25) is 0 Å². The van der Waals surface area contributed by atoms with Gasteiger partial charge in [-0.2, -0.15) is 5.10 Å². The number of nitrogens with one attached hydrogen (secondary N) is 1. The monoisotopic (exact) mass is 416 g/mol. The number of halogens is 2. The van der Waals surface area contributed by atoms with E-state index in [4.69, 9.17) is 33.7 Å². The molecule has 0 radical (unpaired) electrons. The van der Waals surface area contributed by atoms with E-state index in [2.05, 4.69) is 21.3 Å². The predicted octanol–water partition coefficient (Wildman–Crippen LogP) is 4.94. The standard InChI is InChI=1S/C21H22Cl2N4O/c22-18-2-1-3-19(23)17(18)13-28-21-10-14(4-5-20(21)24)15-11-26-27(12-15)16-6-8-25-9-7-16/h1-5,10-12,16,25H,6-9,13,24H2. The molecule has 3 aromatic rings. The molecule has 7 heteroatoms. The van der Waals surface area contributed by atoms with Crippen molar-refractivity contribution in [2.24, 2.45) is 0 Å². The fraction of sp³-hybridized carbons (Fsp3) is 0.286. The molecular formula is C21H22Cl2N4O. The third kappa shape index (κ3) is 4.12. The maximum Gasteiger partial charge on any atom is 0.143 e. The number of nitrogens with zero attached hydrogens (tertiary/aromatic N) is 2. The number of piperidine rings is 1. The van der Waals surface area contributed by atoms with Crippen molar-refractivity contribution in [3.63, 3.8) is 0 Å². The molecule has 1 aliphatic heterocycles. The summed E-state index contributed by atoms with van der Waals surface area (Å²) in [6.45, 7) is 2.31. The Morgan fingerprint density at radius 3 is 2.61 bits per heavy atom. The zero-order chi connectivity index (χ0) is 19.5. The topological polar surface area (TPSA) is 65.1 Å². The van der Waals surface area contributed by atoms with Crippen LogP contribution in [0.3, 0.4) is 0 Å². The van der Waals surface area contributed by atoms with Crippen LogP contribution in [-0.4, -0.2) is 22.9 Å². The van der Waals surface area contributed by atoms with Crippen LogP contribution >= 0.6 is 23.2 Å². The van der Waals surface area contributed by atoms with Crippen LogP contribution in [0, 0.1) is 0 Å². The number of rotatable bonds is 5. The second-order valence-corrected chi connectivity index (χ2v) is 7.75. The lowest BCUT2D eigenvalue weighted by Crippen LogP contribution is -2.29. The number of hydrogen-bond acceptors (Lipinski definition) is 4. The number of anilines is 1. The van der Waals surface area contributed by atoms with Gasteiger partial charge in [0, 0.05) is 27.4 Å². The molecule has 3 N–H and O–H groups in total. The third-order valence-corrected chi connectivity index (χ3v) is 5.77. The summed E-state index contributed by atoms with van der Waals surface area (Å²) < 4.78 is 8.01. The zero-order valence-electron chi connectivity index (χ0n) is 15.4. The Morgan fingerprint density at radius 1 is 1.11 bits per heavy atom. The second kappa shape index (κ2) is 8.43. The largest absolute Gasteiger partial charge is 0.487 e. The molecule has 1 saturated heterocycles. The normalized spacial score (nSPS) is 14.9. The minimum Gasteiger partial charge on any atom is -0.487 e. The van der Waals surface area contributed by atoms with E-state index in [9.17, 15) is 0 Å². The van der Waals surface area contributed by atoms with Crippen molar-refractivity contribution in [3.05, 3.63) is 64.4 Å². The van der Waals surface area contributed by atoms with Crippen LogP contribution in [0.1, 0.15) is 24.4 Å². The Hall–Kier alpha value is -2.21. The quantitative estimate of drug-likeness (QED) is 0.577. The van der Waals surface area contributed by atoms with Gasteiger partial charge in [-0.3, -0.25) is 4.68 Å². The van der Waals surface area contributed by atoms with Crippen molar-refractivity contribution in [2.75, 3.05) is 18.8 Å². The number of ether oxygens (including phenoxy) is 1. The van der Waals surface area contributed by atoms with Crippen molar-refractivity contribution in [2.45, 2.75) is 25.5 Å². The SMILES string of the molecule is Nc1ccc(-c2cnn(C3CCNCC3)c2)cc1OCc1c(Cl)cccc1Cl. The number of nitrogen functional groups attached to an aromatic ring is 1. The minimum atomic E-state index is 0.250. The Kier molecular flexibility index (Phi) is 5.76. The van der Waals surface area contributed by atoms with E-state index < -0.39 is 0 Å². The van der Waals surface area contributed by atoms with Crippen molar-refractivity contribution in [1.82, 2.24) is 15.1 Å². The summed E-state index contributed by atoms with van der Waals surface area (Å²) in [4.78, 5) is 0. The number of benzene rings is 2. The number of aromatic nitrogens is 2. The van der Waals surface area contributed by atoms with E-state index in [-0.39, 0.29) is 6.61 Å². The molecule has 1 aliphatic rings. The molecule has 0 spiro atoms. The fourth-order valence-corrected chi connectivity index (χ4v) is 3.92. The average molecular weight is 417 g/mol. The van der Waals surface area contributed by atoms with Crippen LogP contribution in [0.15, 0.2) is 48.8 Å². The first kappa shape index (κ1) is 19.1. The van der Waals surface area contributed by atoms with Crippen molar-refractivity contribution >= 4 is 28.9 Å². The molecule has 1 fully saturated rings. The van der Waals surface area contributed by atoms with Crippen molar-refractivity contribution in [1.29, 1.82) is 0 Å². The van der Waals surface area contributed by atoms with Crippen LogP contribution in [0.4, 0.5) is 5.69 Å². The summed E-state index contributed by atoms with van der Waals surface area (Å²) in [5.74, 6) is 0.600. The molecule has 0 amide bonds. The van der Waals surface area contributed by atoms with Crippen LogP contribution in [-0.2, 0) is 6.61 Å². The second-order valence-electron chi connectivity index (χ2n) is 6.93. The Morgan fingerprint density at radius 2 is 1.86 bits per heavy atom. The highest BCUT2D eigenvalue weighted by Crippen LogP contribution is 2.32. The molecule has 0 saturated carbocycles. The Balaban J connectivity index is 1.53. The highest BCUT2D eigenvalue weighted by atomic mass is 35.5. The van der Waals surface area contributed by atoms with Gasteiger partial charge in [-0.25, -0.2) is 0 Å². The average Bonchev–Trinajstić information content (AvgIpc) is 3.20. The molecule has 1 aromatic heterocycles. The predicted molar refractivity (Wildman–Crippen MR) is 114 cm³/mol. The molecule has 2 heterocycles. The minimum absolute atomic E-state index is 0.250. The smallest absolute Gasteiger partial charge is 0.143 e. The number of hydrogen-bond donors (Lipinski definition) is 2. The van der Waals surface area contributed by atoms with Crippen LogP contribution < -0.4 is 15.8 Å². The highest BCUT2D eigenvalue weighted by molar-refractivity contribution is 6.35. The summed E-state index contributed by atoms with van der Waals surface area (Å²) in [5.41, 5.74) is 9.47. The van der Waals surface area contributed by atoms with Crippen LogP contribution in [0.2, 0.25) is 10.0 Å². The molecule has 4 rings (SSSR count). The first-order chi connectivity index (χ1) is 13.6. The summed E-state index contributed by atoms with van der Waals surface area (Å²) in [7, 11) is 0. The van der Waals surface area contributed by atoms with E-state index in [0.717, 1.165) is 42.6 Å². The van der Waals surface area contributed by atoms with Crippen molar-refractivity contribution < 1.29 is 4.74 Å². The first-order valence-corrected chi connectivity index (χ1v) is 10.1. The van der Waals surface area contributed by atoms with E-state index in [1.807, 2.05) is 30.5 Å². The van der Waals surface area contributed by atoms with E-state index >= 15 is 0 Å². The molecule has 28 heavy (non-hydrogen) atoms. The molecular weight excluding hydrogens is 395 g/mol. The van der Waals surface area contributed by atoms with Gasteiger partial charge in [0.05, 0.1) is 17.9 Å². The maximum absolute atomic E-state index is 6.23. The van der Waals surface area contributed by atoms with E-state index in [0.29, 0.717) is 27.5 Å². The summed E-state index contributed by atoms with van der Waals surface area (Å²) in [6.07, 6.45) is 6.17. The van der Waals surface area contributed by atoms with Gasteiger partial charge in [0.25, 0.3) is 0 Å². The molecule has 0 aliphatic carbocycles. The highest BCUT2D eigenvalue weighted by Gasteiger charge is 2.16. The lowest BCUT2D eigenvalue weighted by molar-refractivity contribution is 0.308. The maximum atomic E-state index is 6.23. The Bertz CT molecular complexity index is 947. The van der Waals surface area contributed by atoms with Gasteiger partial charge in [0.15, 0.2) is 0 Å². The zero-order valence-corrected chi connectivity index (χ0v) is 16.9. The van der Waals surface area contributed by atoms with E-state index in [1.165, 1.54) is 0 Å². The summed E-state index contributed by atoms with van der Waals surface area (Å²) in [5, 5.41) is 9.10. The fourth-order valence-electron chi connectivity index (χ4n) is 3.42.